The highest BCUT2D eigenvalue weighted by atomic mass is 16.2. The molecule has 2 aliphatic rings. The van der Waals surface area contributed by atoms with Crippen LogP contribution in [0.2, 0.25) is 0 Å². The van der Waals surface area contributed by atoms with Crippen LogP contribution in [0.3, 0.4) is 0 Å². The fourth-order valence-corrected chi connectivity index (χ4v) is 3.16. The Balaban J connectivity index is 1.73. The zero-order valence-electron chi connectivity index (χ0n) is 11.7. The molecular weight excluding hydrogens is 242 g/mol. The Morgan fingerprint density at radius 1 is 1.21 bits per heavy atom. The maximum absolute atomic E-state index is 12.2. The molecular formula is C14H25N3O2. The van der Waals surface area contributed by atoms with Crippen LogP contribution in [-0.2, 0) is 9.59 Å². The van der Waals surface area contributed by atoms with E-state index >= 15 is 0 Å². The van der Waals surface area contributed by atoms with Crippen LogP contribution >= 0.6 is 0 Å². The van der Waals surface area contributed by atoms with Crippen LogP contribution in [0.25, 0.3) is 0 Å². The lowest BCUT2D eigenvalue weighted by Gasteiger charge is -2.27. The summed E-state index contributed by atoms with van der Waals surface area (Å²) in [5, 5.41) is 2.89. The van der Waals surface area contributed by atoms with Gasteiger partial charge in [0.1, 0.15) is 0 Å². The molecule has 0 aromatic heterocycles. The Bertz CT molecular complexity index is 338. The predicted octanol–water partition coefficient (Wildman–Crippen LogP) is 0.631. The standard InChI is InChI=1S/C14H25N3O2/c1-10(18)16-13-6-7-17(9-13)14(19)8-11-2-4-12(15)5-3-11/h11-13H,2-9,15H2,1H3,(H,16,18). The van der Waals surface area contributed by atoms with Gasteiger partial charge in [-0.2, -0.15) is 0 Å². The Hall–Kier alpha value is -1.10. The number of hydrogen-bond acceptors (Lipinski definition) is 3. The van der Waals surface area contributed by atoms with Gasteiger partial charge < -0.3 is 16.0 Å². The van der Waals surface area contributed by atoms with Gasteiger partial charge in [-0.15, -0.1) is 0 Å². The second kappa shape index (κ2) is 6.37. The van der Waals surface area contributed by atoms with Crippen molar-refractivity contribution in [2.24, 2.45) is 11.7 Å². The van der Waals surface area contributed by atoms with E-state index in [4.69, 9.17) is 5.73 Å². The molecule has 5 nitrogen and oxygen atoms in total. The van der Waals surface area contributed by atoms with Crippen molar-refractivity contribution in [3.05, 3.63) is 0 Å². The highest BCUT2D eigenvalue weighted by molar-refractivity contribution is 5.77. The molecule has 108 valence electrons. The quantitative estimate of drug-likeness (QED) is 0.787. The SMILES string of the molecule is CC(=O)NC1CCN(C(=O)CC2CCC(N)CC2)C1. The minimum absolute atomic E-state index is 0.0134. The summed E-state index contributed by atoms with van der Waals surface area (Å²) in [6.07, 6.45) is 5.78. The fourth-order valence-electron chi connectivity index (χ4n) is 3.16. The highest BCUT2D eigenvalue weighted by Crippen LogP contribution is 2.27. The van der Waals surface area contributed by atoms with E-state index in [9.17, 15) is 9.59 Å². The minimum Gasteiger partial charge on any atom is -0.352 e. The monoisotopic (exact) mass is 267 g/mol. The van der Waals surface area contributed by atoms with E-state index in [0.717, 1.165) is 38.6 Å². The van der Waals surface area contributed by atoms with Crippen molar-refractivity contribution in [3.63, 3.8) is 0 Å². The summed E-state index contributed by atoms with van der Waals surface area (Å²) in [5.74, 6) is 0.737. The van der Waals surface area contributed by atoms with Crippen molar-refractivity contribution in [2.45, 2.75) is 57.5 Å². The molecule has 2 amide bonds. The van der Waals surface area contributed by atoms with Crippen molar-refractivity contribution < 1.29 is 9.59 Å². The molecule has 1 unspecified atom stereocenters. The van der Waals surface area contributed by atoms with Gasteiger partial charge in [0.15, 0.2) is 0 Å². The van der Waals surface area contributed by atoms with Crippen molar-refractivity contribution >= 4 is 11.8 Å². The molecule has 1 saturated carbocycles. The highest BCUT2D eigenvalue weighted by Gasteiger charge is 2.29. The first-order valence-corrected chi connectivity index (χ1v) is 7.35. The van der Waals surface area contributed by atoms with Gasteiger partial charge in [0.2, 0.25) is 11.8 Å². The van der Waals surface area contributed by atoms with E-state index in [1.807, 2.05) is 4.90 Å². The van der Waals surface area contributed by atoms with Crippen molar-refractivity contribution in [1.82, 2.24) is 10.2 Å². The molecule has 1 heterocycles. The summed E-state index contributed by atoms with van der Waals surface area (Å²) in [4.78, 5) is 25.1. The van der Waals surface area contributed by atoms with Crippen molar-refractivity contribution in [3.8, 4) is 0 Å². The first-order valence-electron chi connectivity index (χ1n) is 7.35. The van der Waals surface area contributed by atoms with Gasteiger partial charge in [0, 0.05) is 38.5 Å². The maximum atomic E-state index is 12.2. The molecule has 1 saturated heterocycles. The molecule has 2 rings (SSSR count). The first kappa shape index (κ1) is 14.3. The zero-order valence-corrected chi connectivity index (χ0v) is 11.7. The lowest BCUT2D eigenvalue weighted by molar-refractivity contribution is -0.131. The van der Waals surface area contributed by atoms with Gasteiger partial charge in [-0.05, 0) is 38.0 Å². The molecule has 1 aliphatic carbocycles. The number of amides is 2. The average Bonchev–Trinajstić information content (AvgIpc) is 2.80. The molecule has 0 bridgehead atoms. The largest absolute Gasteiger partial charge is 0.352 e. The van der Waals surface area contributed by atoms with E-state index < -0.39 is 0 Å². The number of likely N-dealkylation sites (tertiary alicyclic amines) is 1. The second-order valence-electron chi connectivity index (χ2n) is 6.01. The van der Waals surface area contributed by atoms with Gasteiger partial charge in [-0.1, -0.05) is 0 Å². The maximum Gasteiger partial charge on any atom is 0.222 e. The first-order chi connectivity index (χ1) is 9.04. The van der Waals surface area contributed by atoms with E-state index in [1.54, 1.807) is 0 Å². The van der Waals surface area contributed by atoms with Gasteiger partial charge in [-0.3, -0.25) is 9.59 Å². The molecule has 2 fully saturated rings. The third-order valence-corrected chi connectivity index (χ3v) is 4.30. The van der Waals surface area contributed by atoms with Gasteiger partial charge >= 0.3 is 0 Å². The number of hydrogen-bond donors (Lipinski definition) is 2. The smallest absolute Gasteiger partial charge is 0.222 e. The number of nitrogens with zero attached hydrogens (tertiary/aromatic N) is 1. The summed E-state index contributed by atoms with van der Waals surface area (Å²) < 4.78 is 0. The van der Waals surface area contributed by atoms with Crippen LogP contribution in [0.5, 0.6) is 0 Å². The lowest BCUT2D eigenvalue weighted by Crippen LogP contribution is -2.38. The topological polar surface area (TPSA) is 75.4 Å². The van der Waals surface area contributed by atoms with Gasteiger partial charge in [-0.25, -0.2) is 0 Å². The average molecular weight is 267 g/mol. The normalized spacial score (nSPS) is 31.3. The number of rotatable bonds is 3. The number of carbonyl (C=O) groups is 2. The van der Waals surface area contributed by atoms with E-state index in [2.05, 4.69) is 5.32 Å². The Kier molecular flexibility index (Phi) is 4.80. The van der Waals surface area contributed by atoms with E-state index in [-0.39, 0.29) is 17.9 Å². The van der Waals surface area contributed by atoms with Crippen molar-refractivity contribution in [1.29, 1.82) is 0 Å². The van der Waals surface area contributed by atoms with Gasteiger partial charge in [0.25, 0.3) is 0 Å². The lowest BCUT2D eigenvalue weighted by atomic mass is 9.84. The molecule has 1 aliphatic heterocycles. The molecule has 3 N–H and O–H groups in total. The van der Waals surface area contributed by atoms with Crippen molar-refractivity contribution in [2.75, 3.05) is 13.1 Å². The summed E-state index contributed by atoms with van der Waals surface area (Å²) in [6, 6.07) is 0.475. The molecule has 19 heavy (non-hydrogen) atoms. The van der Waals surface area contributed by atoms with Crippen LogP contribution in [0.4, 0.5) is 0 Å². The third kappa shape index (κ3) is 4.20. The van der Waals surface area contributed by atoms with E-state index in [0.29, 0.717) is 24.9 Å². The fraction of sp³-hybridized carbons (Fsp3) is 0.857. The number of nitrogens with two attached hydrogens (primary N) is 1. The van der Waals surface area contributed by atoms with Crippen LogP contribution in [-0.4, -0.2) is 41.9 Å². The zero-order chi connectivity index (χ0) is 13.8. The number of carbonyl (C=O) groups excluding carboxylic acids is 2. The summed E-state index contributed by atoms with van der Waals surface area (Å²) in [5.41, 5.74) is 5.88. The van der Waals surface area contributed by atoms with Crippen LogP contribution in [0.1, 0.15) is 45.4 Å². The Morgan fingerprint density at radius 3 is 2.53 bits per heavy atom. The van der Waals surface area contributed by atoms with Crippen LogP contribution in [0, 0.1) is 5.92 Å². The summed E-state index contributed by atoms with van der Waals surface area (Å²) >= 11 is 0. The molecule has 0 spiro atoms. The molecule has 5 heteroatoms. The Labute approximate surface area is 114 Å². The van der Waals surface area contributed by atoms with E-state index in [1.165, 1.54) is 6.92 Å². The van der Waals surface area contributed by atoms with Crippen LogP contribution < -0.4 is 11.1 Å². The summed E-state index contributed by atoms with van der Waals surface area (Å²) in [6.45, 7) is 2.97. The third-order valence-electron chi connectivity index (χ3n) is 4.30. The number of nitrogens with one attached hydrogen (secondary N) is 1. The predicted molar refractivity (Wildman–Crippen MR) is 73.4 cm³/mol. The Morgan fingerprint density at radius 2 is 1.89 bits per heavy atom. The van der Waals surface area contributed by atoms with Crippen LogP contribution in [0.15, 0.2) is 0 Å². The molecule has 0 radical (unpaired) electrons. The molecule has 0 aromatic carbocycles. The minimum atomic E-state index is -0.0134. The molecule has 0 aromatic rings. The molecule has 1 atom stereocenters. The summed E-state index contributed by atoms with van der Waals surface area (Å²) in [7, 11) is 0. The van der Waals surface area contributed by atoms with Gasteiger partial charge in [0.05, 0.1) is 0 Å². The second-order valence-corrected chi connectivity index (χ2v) is 6.01.